The number of hydrogen-bond donors (Lipinski definition) is 0. The summed E-state index contributed by atoms with van der Waals surface area (Å²) in [6, 6.07) is 0. The zero-order valence-corrected chi connectivity index (χ0v) is 6.78. The smallest absolute Gasteiger partial charge is 0.0276 e. The van der Waals surface area contributed by atoms with Gasteiger partial charge in [0.05, 0.1) is 0 Å². The van der Waals surface area contributed by atoms with Crippen LogP contribution in [0, 0.1) is 0 Å². The van der Waals surface area contributed by atoms with Crippen LogP contribution in [-0.2, 0) is 0 Å². The van der Waals surface area contributed by atoms with Gasteiger partial charge in [0, 0.05) is 0 Å². The van der Waals surface area contributed by atoms with Crippen LogP contribution in [0.3, 0.4) is 0 Å². The van der Waals surface area contributed by atoms with E-state index in [0.29, 0.717) is 0 Å². The summed E-state index contributed by atoms with van der Waals surface area (Å²) in [6.07, 6.45) is 3.68. The van der Waals surface area contributed by atoms with Gasteiger partial charge < -0.3 is 0 Å². The molecule has 0 heterocycles. The molecule has 0 radical (unpaired) electrons. The van der Waals surface area contributed by atoms with Crippen LogP contribution in [-0.4, -0.2) is 0 Å². The molecule has 0 nitrogen and oxygen atoms in total. The molecule has 0 spiro atoms. The Morgan fingerprint density at radius 2 is 1.70 bits per heavy atom. The SMILES string of the molecule is C=C/C=C(/C)C(=C)C(=C)C. The molecule has 0 aromatic carbocycles. The van der Waals surface area contributed by atoms with Gasteiger partial charge in [-0.2, -0.15) is 0 Å². The third kappa shape index (κ3) is 2.49. The predicted molar refractivity (Wildman–Crippen MR) is 47.9 cm³/mol. The average molecular weight is 134 g/mol. The first kappa shape index (κ1) is 8.96. The van der Waals surface area contributed by atoms with Crippen LogP contribution >= 0.6 is 0 Å². The average Bonchev–Trinajstić information content (AvgIpc) is 1.87. The molecule has 10 heavy (non-hydrogen) atoms. The van der Waals surface area contributed by atoms with Crippen molar-refractivity contribution < 1.29 is 0 Å². The summed E-state index contributed by atoms with van der Waals surface area (Å²) < 4.78 is 0. The van der Waals surface area contributed by atoms with Gasteiger partial charge in [0.2, 0.25) is 0 Å². The van der Waals surface area contributed by atoms with E-state index < -0.39 is 0 Å². The summed E-state index contributed by atoms with van der Waals surface area (Å²) >= 11 is 0. The molecular formula is C10H14. The van der Waals surface area contributed by atoms with Crippen molar-refractivity contribution in [2.75, 3.05) is 0 Å². The van der Waals surface area contributed by atoms with E-state index in [1.54, 1.807) is 6.08 Å². The van der Waals surface area contributed by atoms with Gasteiger partial charge in [-0.25, -0.2) is 0 Å². The van der Waals surface area contributed by atoms with Crippen LogP contribution in [0.25, 0.3) is 0 Å². The molecule has 0 bridgehead atoms. The number of allylic oxidation sites excluding steroid dienone is 5. The van der Waals surface area contributed by atoms with Gasteiger partial charge in [-0.15, -0.1) is 0 Å². The summed E-state index contributed by atoms with van der Waals surface area (Å²) in [5.41, 5.74) is 3.14. The molecule has 0 N–H and O–H groups in total. The van der Waals surface area contributed by atoms with Crippen LogP contribution in [0.1, 0.15) is 13.8 Å². The second-order valence-electron chi connectivity index (χ2n) is 2.34. The minimum Gasteiger partial charge on any atom is -0.0991 e. The standard InChI is InChI=1S/C10H14/c1-6-7-9(4)10(5)8(2)3/h6-7H,1-2,5H2,3-4H3/b9-7-. The van der Waals surface area contributed by atoms with E-state index in [2.05, 4.69) is 19.7 Å². The number of rotatable bonds is 3. The normalized spacial score (nSPS) is 10.8. The fourth-order valence-corrected chi connectivity index (χ4v) is 0.614. The minimum absolute atomic E-state index is 1.000. The first-order valence-corrected chi connectivity index (χ1v) is 3.24. The van der Waals surface area contributed by atoms with Gasteiger partial charge in [-0.05, 0) is 25.0 Å². The van der Waals surface area contributed by atoms with E-state index in [9.17, 15) is 0 Å². The van der Waals surface area contributed by atoms with Gasteiger partial charge in [-0.3, -0.25) is 0 Å². The maximum absolute atomic E-state index is 3.86. The first-order chi connectivity index (χ1) is 4.59. The largest absolute Gasteiger partial charge is 0.0991 e. The van der Waals surface area contributed by atoms with Gasteiger partial charge in [-0.1, -0.05) is 37.5 Å². The Hall–Kier alpha value is -1.04. The van der Waals surface area contributed by atoms with Crippen molar-refractivity contribution in [3.05, 3.63) is 48.6 Å². The third-order valence-electron chi connectivity index (χ3n) is 1.36. The molecule has 0 aromatic rings. The highest BCUT2D eigenvalue weighted by atomic mass is 14.0. The van der Waals surface area contributed by atoms with Crippen molar-refractivity contribution >= 4 is 0 Å². The molecule has 0 aliphatic carbocycles. The van der Waals surface area contributed by atoms with Crippen LogP contribution in [0.2, 0.25) is 0 Å². The highest BCUT2D eigenvalue weighted by molar-refractivity contribution is 5.41. The monoisotopic (exact) mass is 134 g/mol. The van der Waals surface area contributed by atoms with E-state index >= 15 is 0 Å². The highest BCUT2D eigenvalue weighted by Crippen LogP contribution is 2.13. The van der Waals surface area contributed by atoms with Gasteiger partial charge in [0.25, 0.3) is 0 Å². The highest BCUT2D eigenvalue weighted by Gasteiger charge is 1.94. The molecule has 0 aromatic heterocycles. The maximum atomic E-state index is 3.86. The van der Waals surface area contributed by atoms with Crippen molar-refractivity contribution in [3.63, 3.8) is 0 Å². The molecule has 0 atom stereocenters. The molecule has 0 unspecified atom stereocenters. The van der Waals surface area contributed by atoms with E-state index in [1.807, 2.05) is 19.9 Å². The molecule has 0 rings (SSSR count). The van der Waals surface area contributed by atoms with E-state index in [4.69, 9.17) is 0 Å². The molecule has 54 valence electrons. The summed E-state index contributed by atoms with van der Waals surface area (Å²) in [4.78, 5) is 0. The number of hydrogen-bond acceptors (Lipinski definition) is 0. The van der Waals surface area contributed by atoms with E-state index in [0.717, 1.165) is 16.7 Å². The Morgan fingerprint density at radius 1 is 1.20 bits per heavy atom. The Kier molecular flexibility index (Phi) is 3.48. The fourth-order valence-electron chi connectivity index (χ4n) is 0.614. The lowest BCUT2D eigenvalue weighted by Crippen LogP contribution is -1.82. The molecule has 0 aliphatic heterocycles. The Bertz CT molecular complexity index is 192. The van der Waals surface area contributed by atoms with Crippen LogP contribution in [0.5, 0.6) is 0 Å². The van der Waals surface area contributed by atoms with E-state index in [1.165, 1.54) is 0 Å². The second kappa shape index (κ2) is 3.89. The molecule has 0 heteroatoms. The molecule has 0 saturated heterocycles. The van der Waals surface area contributed by atoms with E-state index in [-0.39, 0.29) is 0 Å². The second-order valence-corrected chi connectivity index (χ2v) is 2.34. The Labute approximate surface area is 63.3 Å². The minimum atomic E-state index is 1.000. The molecule has 0 amide bonds. The van der Waals surface area contributed by atoms with Crippen LogP contribution in [0.15, 0.2) is 48.6 Å². The zero-order valence-electron chi connectivity index (χ0n) is 6.78. The molecular weight excluding hydrogens is 120 g/mol. The molecule has 0 fully saturated rings. The summed E-state index contributed by atoms with van der Waals surface area (Å²) in [5, 5.41) is 0. The fraction of sp³-hybridized carbons (Fsp3) is 0.200. The van der Waals surface area contributed by atoms with Crippen LogP contribution in [0.4, 0.5) is 0 Å². The Morgan fingerprint density at radius 3 is 2.00 bits per heavy atom. The van der Waals surface area contributed by atoms with Crippen LogP contribution < -0.4 is 0 Å². The maximum Gasteiger partial charge on any atom is -0.0276 e. The van der Waals surface area contributed by atoms with Crippen molar-refractivity contribution in [1.29, 1.82) is 0 Å². The predicted octanol–water partition coefficient (Wildman–Crippen LogP) is 3.25. The van der Waals surface area contributed by atoms with Gasteiger partial charge in [0.15, 0.2) is 0 Å². The third-order valence-corrected chi connectivity index (χ3v) is 1.36. The lowest BCUT2D eigenvalue weighted by Gasteiger charge is -2.02. The van der Waals surface area contributed by atoms with Crippen molar-refractivity contribution in [2.45, 2.75) is 13.8 Å². The summed E-state index contributed by atoms with van der Waals surface area (Å²) in [5.74, 6) is 0. The lowest BCUT2D eigenvalue weighted by molar-refractivity contribution is 1.35. The van der Waals surface area contributed by atoms with Gasteiger partial charge >= 0.3 is 0 Å². The molecule has 0 aliphatic rings. The summed E-state index contributed by atoms with van der Waals surface area (Å²) in [6.45, 7) is 15.2. The van der Waals surface area contributed by atoms with Crippen molar-refractivity contribution in [2.24, 2.45) is 0 Å². The quantitative estimate of drug-likeness (QED) is 0.520. The topological polar surface area (TPSA) is 0 Å². The van der Waals surface area contributed by atoms with Crippen molar-refractivity contribution in [3.8, 4) is 0 Å². The zero-order chi connectivity index (χ0) is 8.15. The summed E-state index contributed by atoms with van der Waals surface area (Å²) in [7, 11) is 0. The molecule has 0 saturated carbocycles. The van der Waals surface area contributed by atoms with Gasteiger partial charge in [0.1, 0.15) is 0 Å². The Balaban J connectivity index is 4.36. The first-order valence-electron chi connectivity index (χ1n) is 3.24. The van der Waals surface area contributed by atoms with Crippen molar-refractivity contribution in [1.82, 2.24) is 0 Å². The lowest BCUT2D eigenvalue weighted by atomic mass is 10.0.